The van der Waals surface area contributed by atoms with E-state index >= 15 is 0 Å². The molecule has 6 nitrogen and oxygen atoms in total. The van der Waals surface area contributed by atoms with Crippen LogP contribution in [0, 0.1) is 11.8 Å². The molecule has 1 amide bonds. The molecular formula is C14H11Br2NO5. The molecule has 22 heavy (non-hydrogen) atoms. The van der Waals surface area contributed by atoms with Crippen LogP contribution in [0.2, 0.25) is 0 Å². The highest BCUT2D eigenvalue weighted by molar-refractivity contribution is 9.14. The standard InChI is InChI=1S/C14H11Br2NO5/c15-9-10(16)12-8(14(20)21)7(11(9)22-12)13(19)17-5-1-3-6(18)4-2-5/h1-4,7-8,11-12,18H,(H,17,19)(H,20,21)/t7-,8+,11+,12+/m0/s1. The number of hydrogen-bond acceptors (Lipinski definition) is 4. The Bertz CT molecular complexity index is 672. The highest BCUT2D eigenvalue weighted by Crippen LogP contribution is 2.51. The number of benzene rings is 1. The number of carbonyl (C=O) groups is 2. The first kappa shape index (κ1) is 15.5. The normalized spacial score (nSPS) is 29.7. The van der Waals surface area contributed by atoms with Gasteiger partial charge in [-0.1, -0.05) is 31.9 Å². The van der Waals surface area contributed by atoms with E-state index in [1.807, 2.05) is 0 Å². The number of anilines is 1. The zero-order valence-electron chi connectivity index (χ0n) is 11.0. The number of fused-ring (bicyclic) bond motifs is 2. The number of carboxylic acids is 1. The van der Waals surface area contributed by atoms with Crippen LogP contribution >= 0.6 is 31.9 Å². The zero-order chi connectivity index (χ0) is 16.0. The fourth-order valence-electron chi connectivity index (χ4n) is 2.76. The van der Waals surface area contributed by atoms with Crippen LogP contribution in [-0.2, 0) is 14.3 Å². The van der Waals surface area contributed by atoms with E-state index in [2.05, 4.69) is 37.2 Å². The summed E-state index contributed by atoms with van der Waals surface area (Å²) >= 11 is 6.65. The van der Waals surface area contributed by atoms with Crippen LogP contribution < -0.4 is 5.32 Å². The van der Waals surface area contributed by atoms with Crippen LogP contribution in [0.5, 0.6) is 5.75 Å². The summed E-state index contributed by atoms with van der Waals surface area (Å²) in [5, 5.41) is 21.3. The molecule has 3 rings (SSSR count). The number of rotatable bonds is 3. The molecule has 4 atom stereocenters. The monoisotopic (exact) mass is 431 g/mol. The van der Waals surface area contributed by atoms with E-state index in [0.29, 0.717) is 14.7 Å². The third-order valence-corrected chi connectivity index (χ3v) is 6.07. The summed E-state index contributed by atoms with van der Waals surface area (Å²) in [6.45, 7) is 0. The van der Waals surface area contributed by atoms with E-state index < -0.39 is 35.9 Å². The molecule has 1 aromatic carbocycles. The molecule has 116 valence electrons. The maximum atomic E-state index is 12.5. The number of carboxylic acid groups (broad SMARTS) is 1. The fourth-order valence-corrected chi connectivity index (χ4v) is 4.00. The van der Waals surface area contributed by atoms with E-state index in [9.17, 15) is 19.8 Å². The number of aliphatic carboxylic acids is 1. The van der Waals surface area contributed by atoms with Gasteiger partial charge in [-0.15, -0.1) is 0 Å². The second-order valence-corrected chi connectivity index (χ2v) is 6.81. The lowest BCUT2D eigenvalue weighted by Crippen LogP contribution is -2.40. The third-order valence-electron chi connectivity index (χ3n) is 3.78. The van der Waals surface area contributed by atoms with E-state index in [4.69, 9.17) is 4.74 Å². The van der Waals surface area contributed by atoms with E-state index in [1.165, 1.54) is 24.3 Å². The van der Waals surface area contributed by atoms with Gasteiger partial charge in [0, 0.05) is 14.7 Å². The van der Waals surface area contributed by atoms with Crippen LogP contribution in [0.3, 0.4) is 0 Å². The maximum absolute atomic E-state index is 12.5. The molecule has 0 aliphatic carbocycles. The topological polar surface area (TPSA) is 95.9 Å². The van der Waals surface area contributed by atoms with Gasteiger partial charge in [-0.2, -0.15) is 0 Å². The van der Waals surface area contributed by atoms with Gasteiger partial charge in [0.25, 0.3) is 0 Å². The van der Waals surface area contributed by atoms with Gasteiger partial charge >= 0.3 is 5.97 Å². The molecule has 0 saturated carbocycles. The molecule has 8 heteroatoms. The first-order valence-electron chi connectivity index (χ1n) is 6.43. The summed E-state index contributed by atoms with van der Waals surface area (Å²) in [5.74, 6) is -3.19. The smallest absolute Gasteiger partial charge is 0.310 e. The molecule has 1 fully saturated rings. The number of aromatic hydroxyl groups is 1. The van der Waals surface area contributed by atoms with Crippen LogP contribution in [-0.4, -0.2) is 34.3 Å². The number of nitrogens with one attached hydrogen (secondary N) is 1. The Labute approximate surface area is 142 Å². The van der Waals surface area contributed by atoms with Crippen LogP contribution in [0.1, 0.15) is 0 Å². The van der Waals surface area contributed by atoms with Crippen LogP contribution in [0.15, 0.2) is 33.2 Å². The second-order valence-electron chi connectivity index (χ2n) is 5.10. The van der Waals surface area contributed by atoms with Crippen LogP contribution in [0.4, 0.5) is 5.69 Å². The van der Waals surface area contributed by atoms with Crippen molar-refractivity contribution in [3.8, 4) is 5.75 Å². The lowest BCUT2D eigenvalue weighted by molar-refractivity contribution is -0.146. The Balaban J connectivity index is 1.85. The molecule has 2 aliphatic heterocycles. The molecule has 0 spiro atoms. The van der Waals surface area contributed by atoms with Gasteiger partial charge in [0.2, 0.25) is 5.91 Å². The largest absolute Gasteiger partial charge is 0.508 e. The summed E-state index contributed by atoms with van der Waals surface area (Å²) in [4.78, 5) is 24.0. The highest BCUT2D eigenvalue weighted by Gasteiger charge is 2.58. The molecule has 0 aromatic heterocycles. The van der Waals surface area contributed by atoms with E-state index in [1.54, 1.807) is 0 Å². The van der Waals surface area contributed by atoms with Crippen molar-refractivity contribution in [2.45, 2.75) is 12.2 Å². The Morgan fingerprint density at radius 2 is 1.59 bits per heavy atom. The number of carbonyl (C=O) groups excluding carboxylic acids is 1. The maximum Gasteiger partial charge on any atom is 0.310 e. The van der Waals surface area contributed by atoms with Gasteiger partial charge < -0.3 is 20.3 Å². The number of phenolic OH excluding ortho intramolecular Hbond substituents is 1. The molecule has 2 aliphatic rings. The predicted octanol–water partition coefficient (Wildman–Crippen LogP) is 2.43. The zero-order valence-corrected chi connectivity index (χ0v) is 14.2. The molecule has 0 unspecified atom stereocenters. The molecular weight excluding hydrogens is 422 g/mol. The van der Waals surface area contributed by atoms with Gasteiger partial charge in [0.15, 0.2) is 0 Å². The predicted molar refractivity (Wildman–Crippen MR) is 84.9 cm³/mol. The molecule has 2 heterocycles. The summed E-state index contributed by atoms with van der Waals surface area (Å²) in [7, 11) is 0. The first-order valence-corrected chi connectivity index (χ1v) is 8.02. The summed E-state index contributed by atoms with van der Waals surface area (Å²) in [5.41, 5.74) is 0.480. The Hall–Kier alpha value is -1.38. The van der Waals surface area contributed by atoms with Crippen molar-refractivity contribution in [3.63, 3.8) is 0 Å². The number of halogens is 2. The minimum atomic E-state index is -1.07. The fraction of sp³-hybridized carbons (Fsp3) is 0.286. The number of ether oxygens (including phenoxy) is 1. The van der Waals surface area contributed by atoms with Gasteiger partial charge in [-0.05, 0) is 24.3 Å². The average Bonchev–Trinajstić information content (AvgIpc) is 2.99. The Kier molecular flexibility index (Phi) is 4.00. The molecule has 1 aromatic rings. The van der Waals surface area contributed by atoms with Crippen molar-refractivity contribution < 1.29 is 24.5 Å². The van der Waals surface area contributed by atoms with Gasteiger partial charge in [-0.3, -0.25) is 9.59 Å². The lowest BCUT2D eigenvalue weighted by atomic mass is 9.82. The van der Waals surface area contributed by atoms with Gasteiger partial charge in [-0.25, -0.2) is 0 Å². The molecule has 0 radical (unpaired) electrons. The van der Waals surface area contributed by atoms with Crippen molar-refractivity contribution in [1.82, 2.24) is 0 Å². The SMILES string of the molecule is O=C(O)[C@@H]1[C@H](C(=O)Nc2ccc(O)cc2)[C@H]2O[C@H]1C(Br)=C2Br. The first-order chi connectivity index (χ1) is 10.4. The number of phenols is 1. The molecule has 3 N–H and O–H groups in total. The quantitative estimate of drug-likeness (QED) is 0.637. The summed E-state index contributed by atoms with van der Waals surface area (Å²) in [6, 6.07) is 5.96. The van der Waals surface area contributed by atoms with Crippen molar-refractivity contribution in [2.24, 2.45) is 11.8 Å². The van der Waals surface area contributed by atoms with Crippen LogP contribution in [0.25, 0.3) is 0 Å². The minimum absolute atomic E-state index is 0.0827. The average molecular weight is 433 g/mol. The lowest BCUT2D eigenvalue weighted by Gasteiger charge is -2.24. The minimum Gasteiger partial charge on any atom is -0.508 e. The number of amides is 1. The summed E-state index contributed by atoms with van der Waals surface area (Å²) < 4.78 is 6.92. The molecule has 1 saturated heterocycles. The second kappa shape index (κ2) is 5.68. The van der Waals surface area contributed by atoms with E-state index in [0.717, 1.165) is 0 Å². The van der Waals surface area contributed by atoms with Gasteiger partial charge in [0.05, 0.1) is 5.92 Å². The molecule has 2 bridgehead atoms. The van der Waals surface area contributed by atoms with Crippen molar-refractivity contribution in [2.75, 3.05) is 5.32 Å². The van der Waals surface area contributed by atoms with E-state index in [-0.39, 0.29) is 5.75 Å². The number of hydrogen-bond donors (Lipinski definition) is 3. The Morgan fingerprint density at radius 3 is 2.14 bits per heavy atom. The Morgan fingerprint density at radius 1 is 1.05 bits per heavy atom. The summed E-state index contributed by atoms with van der Waals surface area (Å²) in [6.07, 6.45) is -1.27. The third kappa shape index (κ3) is 2.45. The van der Waals surface area contributed by atoms with Crippen molar-refractivity contribution in [3.05, 3.63) is 33.2 Å². The van der Waals surface area contributed by atoms with Crippen molar-refractivity contribution in [1.29, 1.82) is 0 Å². The van der Waals surface area contributed by atoms with Gasteiger partial charge in [0.1, 0.15) is 23.9 Å². The van der Waals surface area contributed by atoms with Crippen molar-refractivity contribution >= 4 is 49.4 Å². The highest BCUT2D eigenvalue weighted by atomic mass is 79.9.